The molecule has 1 N–H and O–H groups in total. The Morgan fingerprint density at radius 1 is 1.05 bits per heavy atom. The molecule has 0 saturated carbocycles. The van der Waals surface area contributed by atoms with Gasteiger partial charge in [0.25, 0.3) is 0 Å². The highest BCUT2D eigenvalue weighted by Crippen LogP contribution is 1.90. The molecular formula is C14H16Br2N4O. The second kappa shape index (κ2) is 11.1. The van der Waals surface area contributed by atoms with Crippen LogP contribution in [0.2, 0.25) is 0 Å². The fourth-order valence-electron chi connectivity index (χ4n) is 1.59. The van der Waals surface area contributed by atoms with E-state index in [4.69, 9.17) is 5.21 Å². The Balaban J connectivity index is 0.00000200. The molecule has 7 heteroatoms. The molecule has 112 valence electrons. The van der Waals surface area contributed by atoms with Crippen LogP contribution in [0.3, 0.4) is 0 Å². The summed E-state index contributed by atoms with van der Waals surface area (Å²) >= 11 is 0. The van der Waals surface area contributed by atoms with Crippen LogP contribution in [-0.2, 0) is 13.1 Å². The van der Waals surface area contributed by atoms with E-state index in [1.54, 1.807) is 6.20 Å². The molecule has 0 atom stereocenters. The molecule has 21 heavy (non-hydrogen) atoms. The van der Waals surface area contributed by atoms with Crippen molar-refractivity contribution in [3.8, 4) is 0 Å². The van der Waals surface area contributed by atoms with Crippen LogP contribution >= 0.6 is 0 Å². The van der Waals surface area contributed by atoms with Crippen LogP contribution in [0, 0.1) is 0 Å². The fourth-order valence-corrected chi connectivity index (χ4v) is 1.59. The molecule has 5 nitrogen and oxygen atoms in total. The number of allylic oxidation sites excluding steroid dienone is 2. The lowest BCUT2D eigenvalue weighted by Crippen LogP contribution is -3.00. The number of oxime groups is 1. The van der Waals surface area contributed by atoms with Gasteiger partial charge in [0.1, 0.15) is 0 Å². The van der Waals surface area contributed by atoms with E-state index >= 15 is 0 Å². The maximum absolute atomic E-state index is 8.41. The minimum atomic E-state index is 0. The van der Waals surface area contributed by atoms with Crippen molar-refractivity contribution in [2.24, 2.45) is 5.16 Å². The molecule has 0 unspecified atom stereocenters. The van der Waals surface area contributed by atoms with Crippen molar-refractivity contribution in [1.29, 1.82) is 0 Å². The third-order valence-corrected chi connectivity index (χ3v) is 2.57. The van der Waals surface area contributed by atoms with E-state index in [1.807, 2.05) is 52.1 Å². The molecular weight excluding hydrogens is 400 g/mol. The number of nitrogens with zero attached hydrogens (tertiary/aromatic N) is 4. The number of pyridine rings is 1. The van der Waals surface area contributed by atoms with Crippen molar-refractivity contribution in [3.63, 3.8) is 0 Å². The van der Waals surface area contributed by atoms with Crippen molar-refractivity contribution < 1.29 is 48.4 Å². The van der Waals surface area contributed by atoms with Gasteiger partial charge in [-0.3, -0.25) is 0 Å². The summed E-state index contributed by atoms with van der Waals surface area (Å²) in [5, 5.41) is 15.6. The maximum atomic E-state index is 8.41. The SMILES string of the molecule is O/N=C\c1cc[n+](C/C=C/C[n+]2ccccn2)cc1.[Br-].[Br-]. The molecule has 0 amide bonds. The number of hydrogen-bond donors (Lipinski definition) is 1. The third kappa shape index (κ3) is 7.10. The first-order chi connectivity index (χ1) is 9.38. The quantitative estimate of drug-likeness (QED) is 0.174. The van der Waals surface area contributed by atoms with Crippen molar-refractivity contribution >= 4 is 6.21 Å². The van der Waals surface area contributed by atoms with Crippen molar-refractivity contribution in [3.05, 3.63) is 66.8 Å². The number of hydrogen-bond acceptors (Lipinski definition) is 3. The van der Waals surface area contributed by atoms with Gasteiger partial charge in [-0.15, -0.1) is 0 Å². The third-order valence-electron chi connectivity index (χ3n) is 2.57. The van der Waals surface area contributed by atoms with Crippen LogP contribution < -0.4 is 43.2 Å². The predicted octanol–water partition coefficient (Wildman–Crippen LogP) is -5.27. The lowest BCUT2D eigenvalue weighted by atomic mass is 10.3. The summed E-state index contributed by atoms with van der Waals surface area (Å²) in [6.07, 6.45) is 13.1. The van der Waals surface area contributed by atoms with Gasteiger partial charge in [0.2, 0.25) is 0 Å². The monoisotopic (exact) mass is 414 g/mol. The fraction of sp³-hybridized carbons (Fsp3) is 0.143. The average molecular weight is 416 g/mol. The summed E-state index contributed by atoms with van der Waals surface area (Å²) in [6.45, 7) is 1.56. The van der Waals surface area contributed by atoms with Crippen LogP contribution in [0.25, 0.3) is 0 Å². The van der Waals surface area contributed by atoms with Gasteiger partial charge in [0.05, 0.1) is 12.4 Å². The van der Waals surface area contributed by atoms with E-state index < -0.39 is 0 Å². The second-order valence-corrected chi connectivity index (χ2v) is 3.96. The van der Waals surface area contributed by atoms with Gasteiger partial charge >= 0.3 is 0 Å². The Morgan fingerprint density at radius 3 is 2.38 bits per heavy atom. The molecule has 0 bridgehead atoms. The maximum Gasteiger partial charge on any atom is 0.196 e. The van der Waals surface area contributed by atoms with Gasteiger partial charge in [-0.1, -0.05) is 9.84 Å². The average Bonchev–Trinajstić information content (AvgIpc) is 2.47. The smallest absolute Gasteiger partial charge is 0.196 e. The minimum absolute atomic E-state index is 0. The minimum Gasteiger partial charge on any atom is -1.00 e. The topological polar surface area (TPSA) is 53.2 Å². The first kappa shape index (κ1) is 19.4. The zero-order valence-corrected chi connectivity index (χ0v) is 14.4. The molecule has 0 saturated heterocycles. The van der Waals surface area contributed by atoms with Crippen LogP contribution in [0.15, 0.2) is 66.4 Å². The predicted molar refractivity (Wildman–Crippen MR) is 69.6 cm³/mol. The van der Waals surface area contributed by atoms with Crippen LogP contribution in [0.5, 0.6) is 0 Å². The number of rotatable bonds is 5. The van der Waals surface area contributed by atoms with Gasteiger partial charge in [0.15, 0.2) is 31.7 Å². The molecule has 0 aromatic carbocycles. The summed E-state index contributed by atoms with van der Waals surface area (Å²) in [6, 6.07) is 7.63. The van der Waals surface area contributed by atoms with E-state index in [9.17, 15) is 0 Å². The summed E-state index contributed by atoms with van der Waals surface area (Å²) in [7, 11) is 0. The van der Waals surface area contributed by atoms with E-state index in [0.29, 0.717) is 0 Å². The Hall–Kier alpha value is -1.60. The second-order valence-electron chi connectivity index (χ2n) is 3.96. The lowest BCUT2D eigenvalue weighted by Gasteiger charge is -1.92. The van der Waals surface area contributed by atoms with Gasteiger partial charge < -0.3 is 39.2 Å². The van der Waals surface area contributed by atoms with Crippen LogP contribution in [0.4, 0.5) is 0 Å². The largest absolute Gasteiger partial charge is 1.00 e. The van der Waals surface area contributed by atoms with Crippen molar-refractivity contribution in [2.75, 3.05) is 0 Å². The Kier molecular flexibility index (Phi) is 10.3. The van der Waals surface area contributed by atoms with Crippen molar-refractivity contribution in [2.45, 2.75) is 13.1 Å². The number of halogens is 2. The van der Waals surface area contributed by atoms with Crippen LogP contribution in [0.1, 0.15) is 5.56 Å². The van der Waals surface area contributed by atoms with E-state index in [-0.39, 0.29) is 34.0 Å². The van der Waals surface area contributed by atoms with Gasteiger partial charge in [-0.25, -0.2) is 4.57 Å². The zero-order chi connectivity index (χ0) is 13.3. The van der Waals surface area contributed by atoms with Crippen molar-refractivity contribution in [1.82, 2.24) is 5.10 Å². The Bertz CT molecular complexity index is 559. The van der Waals surface area contributed by atoms with E-state index in [0.717, 1.165) is 18.7 Å². The highest BCUT2D eigenvalue weighted by molar-refractivity contribution is 5.78. The van der Waals surface area contributed by atoms with E-state index in [1.165, 1.54) is 6.21 Å². The molecule has 0 spiro atoms. The highest BCUT2D eigenvalue weighted by atomic mass is 79.9. The lowest BCUT2D eigenvalue weighted by molar-refractivity contribution is -0.745. The molecule has 0 aliphatic rings. The molecule has 2 aromatic rings. The number of aromatic nitrogens is 3. The molecule has 0 fully saturated rings. The Labute approximate surface area is 144 Å². The summed E-state index contributed by atoms with van der Waals surface area (Å²) in [5.74, 6) is 0. The summed E-state index contributed by atoms with van der Waals surface area (Å²) < 4.78 is 3.90. The molecule has 0 aliphatic heterocycles. The zero-order valence-electron chi connectivity index (χ0n) is 11.3. The summed E-state index contributed by atoms with van der Waals surface area (Å²) in [5.41, 5.74) is 0.867. The molecule has 2 rings (SSSR count). The summed E-state index contributed by atoms with van der Waals surface area (Å²) in [4.78, 5) is 0. The Morgan fingerprint density at radius 2 is 1.76 bits per heavy atom. The van der Waals surface area contributed by atoms with Gasteiger partial charge in [-0.2, -0.15) is 0 Å². The first-order valence-electron chi connectivity index (χ1n) is 6.01. The highest BCUT2D eigenvalue weighted by Gasteiger charge is 1.98. The molecule has 2 aromatic heterocycles. The van der Waals surface area contributed by atoms with Gasteiger partial charge in [0, 0.05) is 23.8 Å². The molecule has 0 aliphatic carbocycles. The standard InChI is InChI=1S/C14H15N4O.2BrH/c19-16-13-14-5-11-17(12-6-14)8-3-4-10-18-9-2-1-7-15-18;;/h1-7,9,11-13H,8,10H2;2*1H/q+1;;/p-1/b4-3+;;. The molecule has 0 radical (unpaired) electrons. The van der Waals surface area contributed by atoms with Crippen LogP contribution in [-0.4, -0.2) is 16.5 Å². The molecule has 2 heterocycles. The normalized spacial score (nSPS) is 10.3. The van der Waals surface area contributed by atoms with Gasteiger partial charge in [-0.05, 0) is 23.3 Å². The van der Waals surface area contributed by atoms with E-state index in [2.05, 4.69) is 22.4 Å². The first-order valence-corrected chi connectivity index (χ1v) is 6.01.